The van der Waals surface area contributed by atoms with Gasteiger partial charge in [-0.15, -0.1) is 0 Å². The second-order valence-corrected chi connectivity index (χ2v) is 10.4. The molecule has 0 bridgehead atoms. The predicted octanol–water partition coefficient (Wildman–Crippen LogP) is 6.25. The number of ether oxygens (including phenoxy) is 1. The number of hydrogen-bond donors (Lipinski definition) is 1. The maximum atomic E-state index is 13.7. The number of halogens is 1. The summed E-state index contributed by atoms with van der Waals surface area (Å²) in [6.07, 6.45) is 0.379. The molecule has 0 aliphatic heterocycles. The zero-order valence-electron chi connectivity index (χ0n) is 22.1. The Kier molecular flexibility index (Phi) is 10.6. The average Bonchev–Trinajstić information content (AvgIpc) is 2.89. The molecule has 0 radical (unpaired) electrons. The minimum absolute atomic E-state index is 0.186. The van der Waals surface area contributed by atoms with Crippen molar-refractivity contribution in [3.05, 3.63) is 101 Å². The first-order chi connectivity index (χ1) is 17.7. The van der Waals surface area contributed by atoms with Crippen LogP contribution in [0.25, 0.3) is 0 Å². The fourth-order valence-electron chi connectivity index (χ4n) is 3.96. The summed E-state index contributed by atoms with van der Waals surface area (Å²) in [6, 6.07) is 24.1. The fourth-order valence-corrected chi connectivity index (χ4v) is 4.16. The highest BCUT2D eigenvalue weighted by atomic mass is 35.5. The summed E-state index contributed by atoms with van der Waals surface area (Å²) in [5.74, 6) is 0.822. The smallest absolute Gasteiger partial charge is 0.261 e. The Morgan fingerprint density at radius 2 is 1.54 bits per heavy atom. The summed E-state index contributed by atoms with van der Waals surface area (Å²) < 4.78 is 5.87. The van der Waals surface area contributed by atoms with Crippen LogP contribution in [0.3, 0.4) is 0 Å². The Bertz CT molecular complexity index is 1150. The van der Waals surface area contributed by atoms with E-state index in [1.807, 2.05) is 86.6 Å². The third-order valence-electron chi connectivity index (χ3n) is 6.16. The van der Waals surface area contributed by atoms with Crippen molar-refractivity contribution < 1.29 is 14.3 Å². The first-order valence-corrected chi connectivity index (χ1v) is 13.2. The normalized spacial score (nSPS) is 11.9. The molecule has 0 saturated carbocycles. The number of hydrogen-bond acceptors (Lipinski definition) is 3. The van der Waals surface area contributed by atoms with Gasteiger partial charge >= 0.3 is 0 Å². The van der Waals surface area contributed by atoms with Crippen LogP contribution in [-0.4, -0.2) is 35.9 Å². The summed E-state index contributed by atoms with van der Waals surface area (Å²) in [5, 5.41) is 3.57. The molecule has 0 heterocycles. The van der Waals surface area contributed by atoms with Crippen LogP contribution in [0.2, 0.25) is 5.02 Å². The zero-order valence-corrected chi connectivity index (χ0v) is 22.9. The van der Waals surface area contributed by atoms with E-state index in [4.69, 9.17) is 16.3 Å². The van der Waals surface area contributed by atoms with Crippen molar-refractivity contribution in [2.75, 3.05) is 13.2 Å². The largest absolute Gasteiger partial charge is 0.484 e. The molecule has 0 fully saturated rings. The summed E-state index contributed by atoms with van der Waals surface area (Å²) in [4.78, 5) is 28.7. The summed E-state index contributed by atoms with van der Waals surface area (Å²) >= 11 is 6.46. The van der Waals surface area contributed by atoms with Gasteiger partial charge in [-0.05, 0) is 46.7 Å². The van der Waals surface area contributed by atoms with Gasteiger partial charge in [-0.25, -0.2) is 0 Å². The van der Waals surface area contributed by atoms with Crippen molar-refractivity contribution in [3.63, 3.8) is 0 Å². The van der Waals surface area contributed by atoms with Gasteiger partial charge in [-0.2, -0.15) is 0 Å². The number of carbonyl (C=O) groups excluding carboxylic acids is 2. The van der Waals surface area contributed by atoms with Crippen molar-refractivity contribution in [3.8, 4) is 5.75 Å². The Balaban J connectivity index is 1.88. The van der Waals surface area contributed by atoms with E-state index < -0.39 is 6.04 Å². The molecular weight excluding hydrogens is 484 g/mol. The number of amides is 2. The van der Waals surface area contributed by atoms with E-state index in [1.165, 1.54) is 5.56 Å². The topological polar surface area (TPSA) is 58.6 Å². The summed E-state index contributed by atoms with van der Waals surface area (Å²) in [6.45, 7) is 8.87. The van der Waals surface area contributed by atoms with Crippen LogP contribution in [0.1, 0.15) is 50.3 Å². The van der Waals surface area contributed by atoms with Gasteiger partial charge in [0, 0.05) is 24.5 Å². The molecular formula is C31H37ClN2O3. The second kappa shape index (κ2) is 13.8. The summed E-state index contributed by atoms with van der Waals surface area (Å²) in [5.41, 5.74) is 2.94. The molecule has 3 aromatic carbocycles. The molecule has 2 amide bonds. The van der Waals surface area contributed by atoms with Gasteiger partial charge in [0.2, 0.25) is 5.91 Å². The van der Waals surface area contributed by atoms with Gasteiger partial charge in [0.05, 0.1) is 0 Å². The third kappa shape index (κ3) is 8.64. The van der Waals surface area contributed by atoms with E-state index in [0.29, 0.717) is 29.7 Å². The standard InChI is InChI=1S/C31H37ClN2O3/c1-22(2)19-33-31(36)29(18-24-10-6-5-7-11-24)34(20-26-12-8-9-13-28(26)32)30(35)21-37-27-16-14-25(15-17-27)23(3)4/h5-17,22-23,29H,18-21H2,1-4H3,(H,33,36)/t29-/m0/s1. The highest BCUT2D eigenvalue weighted by Crippen LogP contribution is 2.22. The quantitative estimate of drug-likeness (QED) is 0.307. The van der Waals surface area contributed by atoms with Gasteiger partial charge < -0.3 is 15.0 Å². The Morgan fingerprint density at radius 3 is 2.16 bits per heavy atom. The lowest BCUT2D eigenvalue weighted by Crippen LogP contribution is -2.52. The van der Waals surface area contributed by atoms with Gasteiger partial charge in [0.1, 0.15) is 11.8 Å². The molecule has 1 atom stereocenters. The molecule has 0 unspecified atom stereocenters. The molecule has 0 aliphatic rings. The predicted molar refractivity (Wildman–Crippen MR) is 150 cm³/mol. The van der Waals surface area contributed by atoms with Crippen LogP contribution in [0.5, 0.6) is 5.75 Å². The average molecular weight is 521 g/mol. The number of nitrogens with one attached hydrogen (secondary N) is 1. The van der Waals surface area contributed by atoms with E-state index in [0.717, 1.165) is 11.1 Å². The molecule has 5 nitrogen and oxygen atoms in total. The molecule has 3 rings (SSSR count). The van der Waals surface area contributed by atoms with Crippen molar-refractivity contribution in [2.45, 2.75) is 52.6 Å². The molecule has 6 heteroatoms. The van der Waals surface area contributed by atoms with E-state index in [9.17, 15) is 9.59 Å². The van der Waals surface area contributed by atoms with Crippen molar-refractivity contribution in [1.82, 2.24) is 10.2 Å². The molecule has 3 aromatic rings. The lowest BCUT2D eigenvalue weighted by molar-refractivity contribution is -0.142. The van der Waals surface area contributed by atoms with Gasteiger partial charge in [0.25, 0.3) is 5.91 Å². The van der Waals surface area contributed by atoms with E-state index in [2.05, 4.69) is 19.2 Å². The third-order valence-corrected chi connectivity index (χ3v) is 6.53. The second-order valence-electron chi connectivity index (χ2n) is 9.97. The number of nitrogens with zero attached hydrogens (tertiary/aromatic N) is 1. The maximum absolute atomic E-state index is 13.7. The van der Waals surface area contributed by atoms with Gasteiger partial charge in [-0.1, -0.05) is 100.0 Å². The summed E-state index contributed by atoms with van der Waals surface area (Å²) in [7, 11) is 0. The molecule has 196 valence electrons. The minimum atomic E-state index is -0.725. The van der Waals surface area contributed by atoms with Gasteiger partial charge in [0.15, 0.2) is 6.61 Å². The van der Waals surface area contributed by atoms with Gasteiger partial charge in [-0.3, -0.25) is 9.59 Å². The molecule has 0 saturated heterocycles. The fraction of sp³-hybridized carbons (Fsp3) is 0.355. The van der Waals surface area contributed by atoms with Crippen LogP contribution in [-0.2, 0) is 22.6 Å². The minimum Gasteiger partial charge on any atom is -0.484 e. The lowest BCUT2D eigenvalue weighted by Gasteiger charge is -2.32. The Hall–Kier alpha value is -3.31. The van der Waals surface area contributed by atoms with Crippen molar-refractivity contribution in [1.29, 1.82) is 0 Å². The van der Waals surface area contributed by atoms with Crippen molar-refractivity contribution in [2.24, 2.45) is 5.92 Å². The van der Waals surface area contributed by atoms with Crippen LogP contribution >= 0.6 is 11.6 Å². The highest BCUT2D eigenvalue weighted by molar-refractivity contribution is 6.31. The van der Waals surface area contributed by atoms with E-state index in [-0.39, 0.29) is 30.9 Å². The van der Waals surface area contributed by atoms with Crippen LogP contribution in [0.15, 0.2) is 78.9 Å². The Morgan fingerprint density at radius 1 is 0.892 bits per heavy atom. The number of carbonyl (C=O) groups is 2. The first kappa shape index (κ1) is 28.3. The Labute approximate surface area is 225 Å². The zero-order chi connectivity index (χ0) is 26.8. The molecule has 1 N–H and O–H groups in total. The molecule has 0 spiro atoms. The number of rotatable bonds is 12. The van der Waals surface area contributed by atoms with E-state index in [1.54, 1.807) is 11.0 Å². The van der Waals surface area contributed by atoms with Crippen molar-refractivity contribution >= 4 is 23.4 Å². The molecule has 37 heavy (non-hydrogen) atoms. The van der Waals surface area contributed by atoms with Crippen LogP contribution < -0.4 is 10.1 Å². The van der Waals surface area contributed by atoms with Crippen LogP contribution in [0, 0.1) is 5.92 Å². The maximum Gasteiger partial charge on any atom is 0.261 e. The first-order valence-electron chi connectivity index (χ1n) is 12.8. The van der Waals surface area contributed by atoms with E-state index >= 15 is 0 Å². The van der Waals surface area contributed by atoms with Crippen LogP contribution in [0.4, 0.5) is 0 Å². The number of benzene rings is 3. The monoisotopic (exact) mass is 520 g/mol. The lowest BCUT2D eigenvalue weighted by atomic mass is 10.0. The molecule has 0 aromatic heterocycles. The SMILES string of the molecule is CC(C)CNC(=O)[C@H](Cc1ccccc1)N(Cc1ccccc1Cl)C(=O)COc1ccc(C(C)C)cc1. The highest BCUT2D eigenvalue weighted by Gasteiger charge is 2.31. The molecule has 0 aliphatic carbocycles.